The minimum absolute atomic E-state index is 0.0655. The van der Waals surface area contributed by atoms with Crippen LogP contribution in [0.3, 0.4) is 0 Å². The van der Waals surface area contributed by atoms with E-state index in [1.165, 1.54) is 29.5 Å². The molecule has 0 aromatic heterocycles. The smallest absolute Gasteiger partial charge is 0.305 e. The molecule has 30 heavy (non-hydrogen) atoms. The van der Waals surface area contributed by atoms with Gasteiger partial charge in [0.25, 0.3) is 5.91 Å². The lowest BCUT2D eigenvalue weighted by atomic mass is 10.1. The van der Waals surface area contributed by atoms with Crippen molar-refractivity contribution in [2.75, 3.05) is 19.8 Å². The van der Waals surface area contributed by atoms with E-state index in [0.29, 0.717) is 33.9 Å². The Morgan fingerprint density at radius 3 is 2.70 bits per heavy atom. The van der Waals surface area contributed by atoms with Crippen LogP contribution in [0, 0.1) is 0 Å². The summed E-state index contributed by atoms with van der Waals surface area (Å²) >= 11 is 9.96. The van der Waals surface area contributed by atoms with Crippen molar-refractivity contribution in [1.29, 1.82) is 0 Å². The van der Waals surface area contributed by atoms with Crippen molar-refractivity contribution in [2.24, 2.45) is 0 Å². The van der Waals surface area contributed by atoms with Crippen LogP contribution in [0.25, 0.3) is 6.08 Å². The highest BCUT2D eigenvalue weighted by Crippen LogP contribution is 2.39. The number of rotatable bonds is 12. The predicted octanol–water partition coefficient (Wildman–Crippen LogP) is 5.48. The number of aliphatic carboxylic acids is 1. The second kappa shape index (κ2) is 12.3. The Hall–Kier alpha value is -1.58. The molecule has 1 aromatic carbocycles. The maximum absolute atomic E-state index is 12.6. The van der Waals surface area contributed by atoms with Crippen LogP contribution in [0.1, 0.15) is 51.5 Å². The van der Waals surface area contributed by atoms with Crippen LogP contribution >= 0.6 is 39.9 Å². The van der Waals surface area contributed by atoms with Crippen molar-refractivity contribution in [1.82, 2.24) is 4.90 Å². The molecule has 6 nitrogen and oxygen atoms in total. The lowest BCUT2D eigenvalue weighted by Crippen LogP contribution is -2.30. The van der Waals surface area contributed by atoms with Gasteiger partial charge in [-0.25, -0.2) is 0 Å². The van der Waals surface area contributed by atoms with Gasteiger partial charge >= 0.3 is 5.97 Å². The molecule has 2 rings (SSSR count). The molecule has 0 spiro atoms. The highest BCUT2D eigenvalue weighted by Gasteiger charge is 2.32. The number of unbranched alkanes of at least 4 members (excludes halogenated alkanes) is 3. The first-order valence-electron chi connectivity index (χ1n) is 9.93. The Kier molecular flexibility index (Phi) is 10.1. The number of hydrogen-bond acceptors (Lipinski definition) is 6. The monoisotopic (exact) mass is 515 g/mol. The van der Waals surface area contributed by atoms with Gasteiger partial charge in [-0.2, -0.15) is 0 Å². The van der Waals surface area contributed by atoms with E-state index >= 15 is 0 Å². The Morgan fingerprint density at radius 1 is 1.27 bits per heavy atom. The van der Waals surface area contributed by atoms with Gasteiger partial charge in [0.15, 0.2) is 11.5 Å². The molecule has 0 unspecified atom stereocenters. The lowest BCUT2D eigenvalue weighted by Gasteiger charge is -2.15. The molecule has 0 radical (unpaired) electrons. The summed E-state index contributed by atoms with van der Waals surface area (Å²) in [6, 6.07) is 3.70. The molecule has 1 amide bonds. The zero-order chi connectivity index (χ0) is 22.1. The summed E-state index contributed by atoms with van der Waals surface area (Å²) in [6.07, 6.45) is 6.05. The maximum atomic E-state index is 12.6. The fourth-order valence-electron chi connectivity index (χ4n) is 2.83. The first kappa shape index (κ1) is 24.7. The number of thiocarbonyl (C=S) groups is 1. The van der Waals surface area contributed by atoms with E-state index in [2.05, 4.69) is 22.9 Å². The summed E-state index contributed by atoms with van der Waals surface area (Å²) in [5.41, 5.74) is 0.766. The molecule has 1 aromatic rings. The van der Waals surface area contributed by atoms with E-state index < -0.39 is 5.97 Å². The molecular weight excluding hydrogens is 490 g/mol. The molecule has 9 heteroatoms. The Morgan fingerprint density at radius 2 is 2.03 bits per heavy atom. The van der Waals surface area contributed by atoms with Gasteiger partial charge in [0, 0.05) is 6.54 Å². The third-order valence-electron chi connectivity index (χ3n) is 4.30. The first-order chi connectivity index (χ1) is 14.4. The van der Waals surface area contributed by atoms with Gasteiger partial charge in [-0.1, -0.05) is 50.2 Å². The molecule has 1 fully saturated rings. The van der Waals surface area contributed by atoms with Crippen LogP contribution in [0.5, 0.6) is 11.5 Å². The number of thioether (sulfide) groups is 1. The lowest BCUT2D eigenvalue weighted by molar-refractivity contribution is -0.137. The van der Waals surface area contributed by atoms with Crippen LogP contribution in [0.4, 0.5) is 0 Å². The fraction of sp³-hybridized carbons (Fsp3) is 0.476. The molecule has 1 aliphatic rings. The van der Waals surface area contributed by atoms with Crippen molar-refractivity contribution in [2.45, 2.75) is 46.0 Å². The quantitative estimate of drug-likeness (QED) is 0.224. The summed E-state index contributed by atoms with van der Waals surface area (Å²) < 4.78 is 12.8. The normalized spacial score (nSPS) is 15.2. The van der Waals surface area contributed by atoms with Crippen molar-refractivity contribution in [3.05, 3.63) is 27.1 Å². The van der Waals surface area contributed by atoms with Crippen molar-refractivity contribution < 1.29 is 24.2 Å². The van der Waals surface area contributed by atoms with Gasteiger partial charge in [-0.3, -0.25) is 14.5 Å². The fourth-order valence-corrected chi connectivity index (χ4v) is 4.71. The minimum Gasteiger partial charge on any atom is -0.490 e. The van der Waals surface area contributed by atoms with E-state index in [1.807, 2.05) is 19.1 Å². The third kappa shape index (κ3) is 6.99. The SMILES string of the molecule is CCCCCCOc1c(Br)cc(/C=C2\SC(=S)N(CCC(=O)O)C2=O)cc1OCC. The van der Waals surface area contributed by atoms with E-state index in [-0.39, 0.29) is 18.9 Å². The molecule has 164 valence electrons. The van der Waals surface area contributed by atoms with Crippen LogP contribution in [-0.2, 0) is 9.59 Å². The number of amides is 1. The zero-order valence-corrected chi connectivity index (χ0v) is 20.3. The number of hydrogen-bond donors (Lipinski definition) is 1. The summed E-state index contributed by atoms with van der Waals surface area (Å²) in [6.45, 7) is 5.23. The van der Waals surface area contributed by atoms with E-state index in [4.69, 9.17) is 26.8 Å². The van der Waals surface area contributed by atoms with Gasteiger partial charge in [0.1, 0.15) is 4.32 Å². The van der Waals surface area contributed by atoms with Crippen LogP contribution in [0.15, 0.2) is 21.5 Å². The average molecular weight is 516 g/mol. The molecule has 1 N–H and O–H groups in total. The highest BCUT2D eigenvalue weighted by molar-refractivity contribution is 9.10. The van der Waals surface area contributed by atoms with Gasteiger partial charge in [0.05, 0.1) is 29.0 Å². The molecule has 1 aliphatic heterocycles. The Bertz CT molecular complexity index is 828. The topological polar surface area (TPSA) is 76.1 Å². The molecule has 0 saturated carbocycles. The second-order valence-corrected chi connectivity index (χ2v) is 9.18. The molecule has 0 atom stereocenters. The van der Waals surface area contributed by atoms with Crippen molar-refractivity contribution in [3.8, 4) is 11.5 Å². The first-order valence-corrected chi connectivity index (χ1v) is 11.9. The van der Waals surface area contributed by atoms with E-state index in [1.54, 1.807) is 6.08 Å². The average Bonchev–Trinajstić information content (AvgIpc) is 2.94. The molecule has 1 heterocycles. The summed E-state index contributed by atoms with van der Waals surface area (Å²) in [5.74, 6) is 0.00894. The third-order valence-corrected chi connectivity index (χ3v) is 6.26. The Labute approximate surface area is 195 Å². The Balaban J connectivity index is 2.18. The van der Waals surface area contributed by atoms with Crippen LogP contribution in [0.2, 0.25) is 0 Å². The van der Waals surface area contributed by atoms with Gasteiger partial charge in [-0.05, 0) is 53.0 Å². The van der Waals surface area contributed by atoms with Crippen molar-refractivity contribution in [3.63, 3.8) is 0 Å². The number of carbonyl (C=O) groups is 2. The number of carboxylic acid groups (broad SMARTS) is 1. The predicted molar refractivity (Wildman–Crippen MR) is 127 cm³/mol. The summed E-state index contributed by atoms with van der Waals surface area (Å²) in [5, 5.41) is 8.86. The van der Waals surface area contributed by atoms with Crippen LogP contribution in [-0.4, -0.2) is 46.0 Å². The highest BCUT2D eigenvalue weighted by atomic mass is 79.9. The number of carboxylic acids is 1. The molecule has 0 bridgehead atoms. The number of carbonyl (C=O) groups excluding carboxylic acids is 1. The minimum atomic E-state index is -0.969. The number of halogens is 1. The summed E-state index contributed by atoms with van der Waals surface area (Å²) in [7, 11) is 0. The van der Waals surface area contributed by atoms with Gasteiger partial charge < -0.3 is 14.6 Å². The summed E-state index contributed by atoms with van der Waals surface area (Å²) in [4.78, 5) is 25.2. The van der Waals surface area contributed by atoms with E-state index in [9.17, 15) is 9.59 Å². The largest absolute Gasteiger partial charge is 0.490 e. The molecule has 0 aliphatic carbocycles. The maximum Gasteiger partial charge on any atom is 0.305 e. The molecular formula is C21H26BrNO5S2. The van der Waals surface area contributed by atoms with Gasteiger partial charge in [-0.15, -0.1) is 0 Å². The van der Waals surface area contributed by atoms with Crippen LogP contribution < -0.4 is 9.47 Å². The number of ether oxygens (including phenoxy) is 2. The standard InChI is InChI=1S/C21H26BrNO5S2/c1-3-5-6-7-10-28-19-15(22)11-14(12-16(19)27-4-2)13-17-20(26)23(21(29)30-17)9-8-18(24)25/h11-13H,3-10H2,1-2H3,(H,24,25)/b17-13-. The van der Waals surface area contributed by atoms with E-state index in [0.717, 1.165) is 22.9 Å². The molecule has 1 saturated heterocycles. The number of benzene rings is 1. The van der Waals surface area contributed by atoms with Gasteiger partial charge in [0.2, 0.25) is 0 Å². The second-order valence-electron chi connectivity index (χ2n) is 6.65. The number of nitrogens with zero attached hydrogens (tertiary/aromatic N) is 1. The van der Waals surface area contributed by atoms with Crippen molar-refractivity contribution >= 4 is 62.2 Å². The zero-order valence-electron chi connectivity index (χ0n) is 17.1.